The third-order valence-electron chi connectivity index (χ3n) is 4.18. The van der Waals surface area contributed by atoms with Crippen LogP contribution in [0.2, 0.25) is 0 Å². The van der Waals surface area contributed by atoms with Crippen molar-refractivity contribution >= 4 is 5.91 Å². The van der Waals surface area contributed by atoms with Crippen molar-refractivity contribution in [3.05, 3.63) is 66.1 Å². The number of benzene rings is 2. The van der Waals surface area contributed by atoms with E-state index in [1.807, 2.05) is 61.5 Å². The second-order valence-electron chi connectivity index (χ2n) is 6.34. The number of nitrogens with zero attached hydrogens (tertiary/aromatic N) is 3. The molecular weight excluding hydrogens is 342 g/mol. The number of amides is 1. The molecule has 0 radical (unpaired) electrons. The molecule has 0 unspecified atom stereocenters. The zero-order valence-corrected chi connectivity index (χ0v) is 15.6. The predicted octanol–water partition coefficient (Wildman–Crippen LogP) is 3.52. The number of hydrogen-bond acceptors (Lipinski definition) is 5. The zero-order valence-electron chi connectivity index (χ0n) is 15.6. The van der Waals surface area contributed by atoms with Gasteiger partial charge in [-0.25, -0.2) is 0 Å². The smallest absolute Gasteiger partial charge is 0.247 e. The molecule has 6 nitrogen and oxygen atoms in total. The summed E-state index contributed by atoms with van der Waals surface area (Å²) in [7, 11) is 1.77. The maximum Gasteiger partial charge on any atom is 0.247 e. The molecule has 6 heteroatoms. The number of aryl methyl sites for hydroxylation is 2. The van der Waals surface area contributed by atoms with Crippen LogP contribution in [0.4, 0.5) is 0 Å². The van der Waals surface area contributed by atoms with E-state index in [9.17, 15) is 4.79 Å². The van der Waals surface area contributed by atoms with Crippen LogP contribution in [0.3, 0.4) is 0 Å². The molecule has 3 rings (SSSR count). The lowest BCUT2D eigenvalue weighted by molar-refractivity contribution is -0.130. The lowest BCUT2D eigenvalue weighted by atomic mass is 10.2. The van der Waals surface area contributed by atoms with Gasteiger partial charge in [-0.3, -0.25) is 4.79 Å². The van der Waals surface area contributed by atoms with Gasteiger partial charge in [0, 0.05) is 25.5 Å². The largest absolute Gasteiger partial charge is 0.492 e. The average Bonchev–Trinajstić information content (AvgIpc) is 3.17. The molecule has 0 aliphatic carbocycles. The second kappa shape index (κ2) is 8.98. The first-order chi connectivity index (χ1) is 13.1. The van der Waals surface area contributed by atoms with Crippen LogP contribution in [0, 0.1) is 6.92 Å². The summed E-state index contributed by atoms with van der Waals surface area (Å²) in [4.78, 5) is 13.9. The van der Waals surface area contributed by atoms with Gasteiger partial charge in [0.25, 0.3) is 0 Å². The van der Waals surface area contributed by atoms with E-state index in [4.69, 9.17) is 9.15 Å². The maximum absolute atomic E-state index is 12.3. The number of hydrogen-bond donors (Lipinski definition) is 0. The summed E-state index contributed by atoms with van der Waals surface area (Å²) in [5.74, 6) is 1.76. The zero-order chi connectivity index (χ0) is 19.1. The molecule has 0 fully saturated rings. The van der Waals surface area contributed by atoms with E-state index < -0.39 is 0 Å². The maximum atomic E-state index is 12.3. The molecule has 0 aliphatic rings. The first-order valence-electron chi connectivity index (χ1n) is 8.93. The predicted molar refractivity (Wildman–Crippen MR) is 102 cm³/mol. The number of ether oxygens (including phenoxy) is 1. The van der Waals surface area contributed by atoms with Crippen LogP contribution in [0.1, 0.15) is 17.9 Å². The topological polar surface area (TPSA) is 68.5 Å². The fraction of sp³-hybridized carbons (Fsp3) is 0.286. The van der Waals surface area contributed by atoms with Crippen LogP contribution in [0.15, 0.2) is 59.0 Å². The van der Waals surface area contributed by atoms with Crippen molar-refractivity contribution in [2.24, 2.45) is 0 Å². The monoisotopic (exact) mass is 365 g/mol. The lowest BCUT2D eigenvalue weighted by Crippen LogP contribution is -2.31. The number of aromatic nitrogens is 2. The van der Waals surface area contributed by atoms with Gasteiger partial charge >= 0.3 is 0 Å². The molecule has 0 spiro atoms. The van der Waals surface area contributed by atoms with Gasteiger partial charge in [0.05, 0.1) is 6.54 Å². The summed E-state index contributed by atoms with van der Waals surface area (Å²) < 4.78 is 11.3. The Morgan fingerprint density at radius 1 is 1.07 bits per heavy atom. The van der Waals surface area contributed by atoms with Crippen LogP contribution < -0.4 is 4.74 Å². The van der Waals surface area contributed by atoms with Gasteiger partial charge in [0.15, 0.2) is 0 Å². The van der Waals surface area contributed by atoms with Crippen molar-refractivity contribution in [1.82, 2.24) is 15.1 Å². The van der Waals surface area contributed by atoms with E-state index >= 15 is 0 Å². The number of carbonyl (C=O) groups is 1. The highest BCUT2D eigenvalue weighted by atomic mass is 16.5. The minimum atomic E-state index is 0.0157. The Kier molecular flexibility index (Phi) is 6.20. The molecule has 1 heterocycles. The van der Waals surface area contributed by atoms with E-state index in [0.717, 1.165) is 11.3 Å². The molecule has 0 N–H and O–H groups in total. The second-order valence-corrected chi connectivity index (χ2v) is 6.34. The van der Waals surface area contributed by atoms with Crippen molar-refractivity contribution in [2.45, 2.75) is 19.8 Å². The molecule has 0 bridgehead atoms. The van der Waals surface area contributed by atoms with Crippen LogP contribution in [0.5, 0.6) is 5.75 Å². The van der Waals surface area contributed by atoms with Gasteiger partial charge in [-0.2, -0.15) is 0 Å². The molecule has 140 valence electrons. The van der Waals surface area contributed by atoms with Gasteiger partial charge in [-0.15, -0.1) is 10.2 Å². The Morgan fingerprint density at radius 3 is 2.56 bits per heavy atom. The Morgan fingerprint density at radius 2 is 1.81 bits per heavy atom. The quantitative estimate of drug-likeness (QED) is 0.611. The van der Waals surface area contributed by atoms with Crippen molar-refractivity contribution in [3.63, 3.8) is 0 Å². The van der Waals surface area contributed by atoms with Gasteiger partial charge in [0.1, 0.15) is 12.4 Å². The molecule has 0 saturated carbocycles. The highest BCUT2D eigenvalue weighted by Gasteiger charge is 2.13. The Balaban J connectivity index is 1.42. The summed E-state index contributed by atoms with van der Waals surface area (Å²) in [6.07, 6.45) is 0.735. The summed E-state index contributed by atoms with van der Waals surface area (Å²) >= 11 is 0. The lowest BCUT2D eigenvalue weighted by Gasteiger charge is -2.17. The van der Waals surface area contributed by atoms with Crippen molar-refractivity contribution < 1.29 is 13.9 Å². The third-order valence-corrected chi connectivity index (χ3v) is 4.18. The minimum Gasteiger partial charge on any atom is -0.492 e. The minimum absolute atomic E-state index is 0.0157. The molecule has 0 aliphatic heterocycles. The Bertz CT molecular complexity index is 860. The number of rotatable bonds is 8. The van der Waals surface area contributed by atoms with Crippen LogP contribution in [-0.2, 0) is 11.2 Å². The molecule has 1 amide bonds. The Labute approximate surface area is 158 Å². The van der Waals surface area contributed by atoms with Gasteiger partial charge in [0.2, 0.25) is 17.7 Å². The van der Waals surface area contributed by atoms with Gasteiger partial charge in [-0.05, 0) is 31.2 Å². The van der Waals surface area contributed by atoms with E-state index in [1.54, 1.807) is 11.9 Å². The molecule has 2 aromatic carbocycles. The summed E-state index contributed by atoms with van der Waals surface area (Å²) in [6.45, 7) is 3.00. The van der Waals surface area contributed by atoms with E-state index in [2.05, 4.69) is 10.2 Å². The fourth-order valence-corrected chi connectivity index (χ4v) is 2.52. The molecule has 0 atom stereocenters. The molecule has 27 heavy (non-hydrogen) atoms. The summed E-state index contributed by atoms with van der Waals surface area (Å²) in [5.41, 5.74) is 2.05. The molecule has 3 aromatic rings. The first-order valence-corrected chi connectivity index (χ1v) is 8.93. The standard InChI is InChI=1S/C21H23N3O3/c1-16-8-10-18(11-9-16)26-15-14-24(2)20(25)13-12-19-22-23-21(27-19)17-6-4-3-5-7-17/h3-11H,12-15H2,1-2H3. The van der Waals surface area contributed by atoms with Crippen molar-refractivity contribution in [2.75, 3.05) is 20.2 Å². The average molecular weight is 365 g/mol. The summed E-state index contributed by atoms with van der Waals surface area (Å²) in [5, 5.41) is 8.06. The number of likely N-dealkylation sites (N-methyl/N-ethyl adjacent to an activating group) is 1. The molecule has 0 saturated heterocycles. The first kappa shape index (κ1) is 18.6. The summed E-state index contributed by atoms with van der Waals surface area (Å²) in [6, 6.07) is 17.4. The number of carbonyl (C=O) groups excluding carboxylic acids is 1. The van der Waals surface area contributed by atoms with Crippen LogP contribution in [0.25, 0.3) is 11.5 Å². The van der Waals surface area contributed by atoms with E-state index in [-0.39, 0.29) is 5.91 Å². The van der Waals surface area contributed by atoms with E-state index in [1.165, 1.54) is 5.56 Å². The highest BCUT2D eigenvalue weighted by molar-refractivity contribution is 5.76. The van der Waals surface area contributed by atoms with Crippen molar-refractivity contribution in [1.29, 1.82) is 0 Å². The van der Waals surface area contributed by atoms with Gasteiger partial charge < -0.3 is 14.1 Å². The fourth-order valence-electron chi connectivity index (χ4n) is 2.52. The highest BCUT2D eigenvalue weighted by Crippen LogP contribution is 2.17. The van der Waals surface area contributed by atoms with Crippen LogP contribution >= 0.6 is 0 Å². The Hall–Kier alpha value is -3.15. The molecule has 1 aromatic heterocycles. The SMILES string of the molecule is Cc1ccc(OCCN(C)C(=O)CCc2nnc(-c3ccccc3)o2)cc1. The van der Waals surface area contributed by atoms with Crippen molar-refractivity contribution in [3.8, 4) is 17.2 Å². The van der Waals surface area contributed by atoms with Crippen LogP contribution in [-0.4, -0.2) is 41.2 Å². The third kappa shape index (κ3) is 5.41. The van der Waals surface area contributed by atoms with Gasteiger partial charge in [-0.1, -0.05) is 35.9 Å². The van der Waals surface area contributed by atoms with E-state index in [0.29, 0.717) is 37.8 Å². The normalized spacial score (nSPS) is 10.6. The molecular formula is C21H23N3O3.